The zero-order chi connectivity index (χ0) is 13.1. The summed E-state index contributed by atoms with van der Waals surface area (Å²) in [6, 6.07) is 9.95. The summed E-state index contributed by atoms with van der Waals surface area (Å²) in [7, 11) is 0. The molecule has 0 amide bonds. The second-order valence-electron chi connectivity index (χ2n) is 5.71. The fourth-order valence-corrected chi connectivity index (χ4v) is 3.27. The Bertz CT molecular complexity index is 463. The Morgan fingerprint density at radius 3 is 2.58 bits per heavy atom. The maximum atomic E-state index is 8.84. The lowest BCUT2D eigenvalue weighted by Gasteiger charge is -2.44. The minimum absolute atomic E-state index is 0.0507. The number of morpholine rings is 1. The third-order valence-corrected chi connectivity index (χ3v) is 4.35. The molecule has 1 saturated carbocycles. The highest BCUT2D eigenvalue weighted by Crippen LogP contribution is 2.37. The zero-order valence-corrected chi connectivity index (χ0v) is 11.2. The average Bonchev–Trinajstić information content (AvgIpc) is 2.48. The Morgan fingerprint density at radius 1 is 1.16 bits per heavy atom. The number of rotatable bonds is 1. The van der Waals surface area contributed by atoms with Crippen LogP contribution in [0.15, 0.2) is 24.3 Å². The fraction of sp³-hybridized carbons (Fsp3) is 0.562. The standard InChI is InChI=1S/C16H20N2O/c17-10-13-4-6-14(7-5-13)15-11-18-12-16(19-15)8-2-1-3-9-16/h4-7,15,18H,1-3,8-9,11-12H2. The van der Waals surface area contributed by atoms with Gasteiger partial charge in [0.15, 0.2) is 0 Å². The van der Waals surface area contributed by atoms with E-state index in [0.717, 1.165) is 13.1 Å². The van der Waals surface area contributed by atoms with Crippen molar-refractivity contribution in [3.63, 3.8) is 0 Å². The van der Waals surface area contributed by atoms with Crippen molar-refractivity contribution < 1.29 is 4.74 Å². The molecule has 2 aliphatic rings. The summed E-state index contributed by atoms with van der Waals surface area (Å²) in [5, 5.41) is 12.4. The number of benzene rings is 1. The van der Waals surface area contributed by atoms with E-state index in [0.29, 0.717) is 5.56 Å². The number of nitriles is 1. The summed E-state index contributed by atoms with van der Waals surface area (Å²) < 4.78 is 6.43. The van der Waals surface area contributed by atoms with Crippen molar-refractivity contribution in [1.82, 2.24) is 5.32 Å². The average molecular weight is 256 g/mol. The van der Waals surface area contributed by atoms with Gasteiger partial charge < -0.3 is 10.1 Å². The first-order valence-corrected chi connectivity index (χ1v) is 7.20. The van der Waals surface area contributed by atoms with Crippen molar-refractivity contribution >= 4 is 0 Å². The molecule has 1 atom stereocenters. The third kappa shape index (κ3) is 2.65. The first-order valence-electron chi connectivity index (χ1n) is 7.20. The predicted octanol–water partition coefficient (Wildman–Crippen LogP) is 2.92. The van der Waals surface area contributed by atoms with Gasteiger partial charge in [0.1, 0.15) is 0 Å². The topological polar surface area (TPSA) is 45.0 Å². The highest BCUT2D eigenvalue weighted by molar-refractivity contribution is 5.32. The van der Waals surface area contributed by atoms with Gasteiger partial charge in [-0.15, -0.1) is 0 Å². The highest BCUT2D eigenvalue weighted by atomic mass is 16.5. The molecule has 1 aromatic rings. The van der Waals surface area contributed by atoms with Crippen LogP contribution in [-0.4, -0.2) is 18.7 Å². The van der Waals surface area contributed by atoms with Crippen molar-refractivity contribution in [2.24, 2.45) is 0 Å². The molecule has 1 unspecified atom stereocenters. The quantitative estimate of drug-likeness (QED) is 0.840. The monoisotopic (exact) mass is 256 g/mol. The van der Waals surface area contributed by atoms with Gasteiger partial charge in [-0.3, -0.25) is 0 Å². The van der Waals surface area contributed by atoms with Crippen LogP contribution in [0.5, 0.6) is 0 Å². The van der Waals surface area contributed by atoms with E-state index >= 15 is 0 Å². The maximum Gasteiger partial charge on any atom is 0.0991 e. The summed E-state index contributed by atoms with van der Waals surface area (Å²) in [5.74, 6) is 0. The maximum absolute atomic E-state index is 8.84. The van der Waals surface area contributed by atoms with Crippen molar-refractivity contribution in [2.45, 2.75) is 43.8 Å². The van der Waals surface area contributed by atoms with Crippen LogP contribution in [0.3, 0.4) is 0 Å². The lowest BCUT2D eigenvalue weighted by molar-refractivity contribution is -0.135. The molecule has 1 N–H and O–H groups in total. The Balaban J connectivity index is 1.75. The van der Waals surface area contributed by atoms with Crippen LogP contribution < -0.4 is 5.32 Å². The first kappa shape index (κ1) is 12.7. The van der Waals surface area contributed by atoms with Gasteiger partial charge in [-0.05, 0) is 30.5 Å². The van der Waals surface area contributed by atoms with E-state index in [9.17, 15) is 0 Å². The number of hydrogen-bond donors (Lipinski definition) is 1. The van der Waals surface area contributed by atoms with Gasteiger partial charge in [0.2, 0.25) is 0 Å². The molecule has 0 bridgehead atoms. The molecule has 1 spiro atoms. The molecule has 1 aromatic carbocycles. The summed E-state index contributed by atoms with van der Waals surface area (Å²) in [4.78, 5) is 0. The van der Waals surface area contributed by atoms with Gasteiger partial charge in [0, 0.05) is 13.1 Å². The molecule has 1 aliphatic heterocycles. The lowest BCUT2D eigenvalue weighted by Crippen LogP contribution is -2.51. The second kappa shape index (κ2) is 5.32. The van der Waals surface area contributed by atoms with E-state index in [1.807, 2.05) is 24.3 Å². The molecule has 0 aromatic heterocycles. The van der Waals surface area contributed by atoms with Gasteiger partial charge in [0.25, 0.3) is 0 Å². The number of nitrogens with zero attached hydrogens (tertiary/aromatic N) is 1. The second-order valence-corrected chi connectivity index (χ2v) is 5.71. The molecule has 3 heteroatoms. The van der Waals surface area contributed by atoms with Gasteiger partial charge in [0.05, 0.1) is 23.3 Å². The molecule has 19 heavy (non-hydrogen) atoms. The zero-order valence-electron chi connectivity index (χ0n) is 11.2. The Labute approximate surface area is 114 Å². The van der Waals surface area contributed by atoms with Crippen LogP contribution >= 0.6 is 0 Å². The molecule has 2 fully saturated rings. The number of hydrogen-bond acceptors (Lipinski definition) is 3. The Hall–Kier alpha value is -1.37. The minimum Gasteiger partial charge on any atom is -0.364 e. The third-order valence-electron chi connectivity index (χ3n) is 4.35. The smallest absolute Gasteiger partial charge is 0.0991 e. The first-order chi connectivity index (χ1) is 9.31. The van der Waals surface area contributed by atoms with E-state index in [2.05, 4.69) is 11.4 Å². The highest BCUT2D eigenvalue weighted by Gasteiger charge is 2.38. The SMILES string of the molecule is N#Cc1ccc(C2CNCC3(CCCCC3)O2)cc1. The molecule has 3 rings (SSSR count). The van der Waals surface area contributed by atoms with Crippen LogP contribution in [0.2, 0.25) is 0 Å². The van der Waals surface area contributed by atoms with Gasteiger partial charge >= 0.3 is 0 Å². The van der Waals surface area contributed by atoms with Crippen LogP contribution in [0.1, 0.15) is 49.3 Å². The Kier molecular flexibility index (Phi) is 3.54. The molecular formula is C16H20N2O. The van der Waals surface area contributed by atoms with Gasteiger partial charge in [-0.1, -0.05) is 31.4 Å². The van der Waals surface area contributed by atoms with E-state index in [-0.39, 0.29) is 11.7 Å². The van der Waals surface area contributed by atoms with Crippen molar-refractivity contribution in [3.05, 3.63) is 35.4 Å². The van der Waals surface area contributed by atoms with Crippen molar-refractivity contribution in [3.8, 4) is 6.07 Å². The largest absolute Gasteiger partial charge is 0.364 e. The summed E-state index contributed by atoms with van der Waals surface area (Å²) >= 11 is 0. The lowest BCUT2D eigenvalue weighted by atomic mass is 9.83. The van der Waals surface area contributed by atoms with Crippen LogP contribution in [0.25, 0.3) is 0 Å². The molecule has 1 heterocycles. The summed E-state index contributed by atoms with van der Waals surface area (Å²) in [6.07, 6.45) is 6.37. The van der Waals surface area contributed by atoms with Crippen molar-refractivity contribution in [1.29, 1.82) is 5.26 Å². The molecule has 1 saturated heterocycles. The molecule has 3 nitrogen and oxygen atoms in total. The summed E-state index contributed by atoms with van der Waals surface area (Å²) in [5.41, 5.74) is 1.94. The van der Waals surface area contributed by atoms with Crippen LogP contribution in [-0.2, 0) is 4.74 Å². The van der Waals surface area contributed by atoms with Crippen LogP contribution in [0, 0.1) is 11.3 Å². The van der Waals surface area contributed by atoms with E-state index in [4.69, 9.17) is 10.00 Å². The molecule has 1 aliphatic carbocycles. The molecular weight excluding hydrogens is 236 g/mol. The van der Waals surface area contributed by atoms with Gasteiger partial charge in [-0.2, -0.15) is 5.26 Å². The van der Waals surface area contributed by atoms with E-state index < -0.39 is 0 Å². The Morgan fingerprint density at radius 2 is 1.89 bits per heavy atom. The predicted molar refractivity (Wildman–Crippen MR) is 73.7 cm³/mol. The molecule has 0 radical (unpaired) electrons. The summed E-state index contributed by atoms with van der Waals surface area (Å²) in [6.45, 7) is 1.85. The number of nitrogens with one attached hydrogen (secondary N) is 1. The van der Waals surface area contributed by atoms with Crippen molar-refractivity contribution in [2.75, 3.05) is 13.1 Å². The molecule has 100 valence electrons. The van der Waals surface area contributed by atoms with E-state index in [1.165, 1.54) is 37.7 Å². The van der Waals surface area contributed by atoms with E-state index in [1.54, 1.807) is 0 Å². The fourth-order valence-electron chi connectivity index (χ4n) is 3.27. The van der Waals surface area contributed by atoms with Crippen LogP contribution in [0.4, 0.5) is 0 Å². The normalized spacial score (nSPS) is 25.9. The van der Waals surface area contributed by atoms with Gasteiger partial charge in [-0.25, -0.2) is 0 Å². The number of ether oxygens (including phenoxy) is 1. The minimum atomic E-state index is 0.0507.